The van der Waals surface area contributed by atoms with Crippen molar-refractivity contribution in [3.63, 3.8) is 0 Å². The van der Waals surface area contributed by atoms with E-state index in [4.69, 9.17) is 44.3 Å². The predicted molar refractivity (Wildman–Crippen MR) is 90.1 cm³/mol. The summed E-state index contributed by atoms with van der Waals surface area (Å²) >= 11 is 24.4. The van der Waals surface area contributed by atoms with E-state index in [0.717, 1.165) is 24.9 Å². The maximum atomic E-state index is 6.09. The van der Waals surface area contributed by atoms with E-state index in [1.807, 2.05) is 13.1 Å². The van der Waals surface area contributed by atoms with Crippen molar-refractivity contribution in [2.75, 3.05) is 0 Å². The third-order valence-electron chi connectivity index (χ3n) is 2.73. The van der Waals surface area contributed by atoms with E-state index in [9.17, 15) is 0 Å². The molecule has 0 unspecified atom stereocenters. The smallest absolute Gasteiger partial charge is 0.146 e. The predicted octanol–water partition coefficient (Wildman–Crippen LogP) is 5.87. The van der Waals surface area contributed by atoms with Crippen LogP contribution in [0.1, 0.15) is 11.1 Å². The molecule has 0 bridgehead atoms. The minimum atomic E-state index is -1.98. The summed E-state index contributed by atoms with van der Waals surface area (Å²) in [6.45, 7) is -0.0466. The summed E-state index contributed by atoms with van der Waals surface area (Å²) in [5, 5.41) is 0. The van der Waals surface area contributed by atoms with Crippen LogP contribution in [0.15, 0.2) is 24.3 Å². The van der Waals surface area contributed by atoms with Gasteiger partial charge in [0.05, 0.1) is 0 Å². The fourth-order valence-corrected chi connectivity index (χ4v) is 4.19. The molecule has 0 spiro atoms. The number of rotatable bonds is 6. The van der Waals surface area contributed by atoms with Gasteiger partial charge in [0.15, 0.2) is 0 Å². The second kappa shape index (κ2) is 7.00. The molecule has 0 N–H and O–H groups in total. The highest BCUT2D eigenvalue weighted by Gasteiger charge is 2.21. The lowest BCUT2D eigenvalue weighted by molar-refractivity contribution is 1.08. The van der Waals surface area contributed by atoms with E-state index in [0.29, 0.717) is 0 Å². The average molecular weight is 360 g/mol. The Morgan fingerprint density at radius 1 is 0.722 bits per heavy atom. The Bertz CT molecular complexity index is 328. The van der Waals surface area contributed by atoms with Gasteiger partial charge in [-0.2, -0.15) is 0 Å². The Morgan fingerprint density at radius 2 is 1.00 bits per heavy atom. The molecule has 0 saturated carbocycles. The van der Waals surface area contributed by atoms with Gasteiger partial charge in [-0.25, -0.2) is 0 Å². The molecule has 6 heteroatoms. The Labute approximate surface area is 130 Å². The molecule has 0 aliphatic heterocycles. The maximum absolute atomic E-state index is 6.09. The topological polar surface area (TPSA) is 0 Å². The van der Waals surface area contributed by atoms with Crippen LogP contribution in [0, 0.1) is 0 Å². The average Bonchev–Trinajstić information content (AvgIpc) is 2.23. The largest absolute Gasteiger partial charge is 0.248 e. The van der Waals surface area contributed by atoms with Crippen LogP contribution >= 0.6 is 44.3 Å². The number of aryl methyl sites for hydroxylation is 2. The van der Waals surface area contributed by atoms with Crippen molar-refractivity contribution >= 4 is 57.7 Å². The van der Waals surface area contributed by atoms with Crippen LogP contribution in [0.5, 0.6) is 0 Å². The van der Waals surface area contributed by atoms with Gasteiger partial charge in [0.25, 0.3) is 0 Å². The molecular weight excluding hydrogens is 342 g/mol. The molecule has 0 aromatic heterocycles. The van der Waals surface area contributed by atoms with E-state index in [2.05, 4.69) is 24.3 Å². The Morgan fingerprint density at radius 3 is 1.22 bits per heavy atom. The summed E-state index contributed by atoms with van der Waals surface area (Å²) < 4.78 is 0. The third kappa shape index (κ3) is 8.08. The lowest BCUT2D eigenvalue weighted by Crippen LogP contribution is -2.13. The van der Waals surface area contributed by atoms with Crippen molar-refractivity contribution < 1.29 is 0 Å². The quantitative estimate of drug-likeness (QED) is 0.440. The SMILES string of the molecule is C[Si](Cl)(Cl)CCc1ccc(CC[Si](C)(Cl)Cl)cc1. The first-order valence-corrected chi connectivity index (χ1v) is 15.5. The summed E-state index contributed by atoms with van der Waals surface area (Å²) in [5.74, 6) is 0. The molecule has 0 atom stereocenters. The van der Waals surface area contributed by atoms with Crippen LogP contribution in [-0.2, 0) is 12.8 Å². The molecule has 1 rings (SSSR count). The van der Waals surface area contributed by atoms with Crippen molar-refractivity contribution in [3.8, 4) is 0 Å². The van der Waals surface area contributed by atoms with Gasteiger partial charge in [0.2, 0.25) is 13.4 Å². The van der Waals surface area contributed by atoms with Crippen molar-refractivity contribution in [1.82, 2.24) is 0 Å². The fraction of sp³-hybridized carbons (Fsp3) is 0.500. The molecule has 102 valence electrons. The number of benzene rings is 1. The molecule has 18 heavy (non-hydrogen) atoms. The monoisotopic (exact) mass is 358 g/mol. The molecule has 0 amide bonds. The molecule has 0 radical (unpaired) electrons. The first-order chi connectivity index (χ1) is 8.16. The zero-order valence-electron chi connectivity index (χ0n) is 10.6. The lowest BCUT2D eigenvalue weighted by Gasteiger charge is -2.11. The van der Waals surface area contributed by atoms with E-state index in [1.165, 1.54) is 11.1 Å². The third-order valence-corrected chi connectivity index (χ3v) is 7.25. The van der Waals surface area contributed by atoms with Crippen LogP contribution in [-0.4, -0.2) is 13.4 Å². The minimum absolute atomic E-state index is 0.893. The Hall–Kier alpha value is 0.814. The molecule has 0 heterocycles. The molecule has 0 aliphatic rings. The molecule has 0 nitrogen and oxygen atoms in total. The lowest BCUT2D eigenvalue weighted by atomic mass is 10.1. The van der Waals surface area contributed by atoms with E-state index >= 15 is 0 Å². The first-order valence-electron chi connectivity index (χ1n) is 5.99. The van der Waals surface area contributed by atoms with Crippen LogP contribution in [0.25, 0.3) is 0 Å². The van der Waals surface area contributed by atoms with Crippen molar-refractivity contribution in [2.24, 2.45) is 0 Å². The normalized spacial score (nSPS) is 12.8. The Kier molecular flexibility index (Phi) is 6.56. The van der Waals surface area contributed by atoms with Crippen LogP contribution in [0.2, 0.25) is 25.2 Å². The van der Waals surface area contributed by atoms with Crippen molar-refractivity contribution in [1.29, 1.82) is 0 Å². The van der Waals surface area contributed by atoms with Crippen molar-refractivity contribution in [2.45, 2.75) is 38.0 Å². The van der Waals surface area contributed by atoms with E-state index in [-0.39, 0.29) is 0 Å². The van der Waals surface area contributed by atoms with Gasteiger partial charge in [-0.1, -0.05) is 24.3 Å². The van der Waals surface area contributed by atoms with Crippen LogP contribution < -0.4 is 0 Å². The minimum Gasteiger partial charge on any atom is -0.146 e. The summed E-state index contributed by atoms with van der Waals surface area (Å²) in [6.07, 6.45) is 1.90. The molecular formula is C12H18Cl4Si2. The van der Waals surface area contributed by atoms with Gasteiger partial charge in [0.1, 0.15) is 0 Å². The van der Waals surface area contributed by atoms with Gasteiger partial charge >= 0.3 is 0 Å². The summed E-state index contributed by atoms with van der Waals surface area (Å²) in [7, 11) is 0. The van der Waals surface area contributed by atoms with Gasteiger partial charge in [0, 0.05) is 0 Å². The zero-order valence-corrected chi connectivity index (χ0v) is 15.7. The van der Waals surface area contributed by atoms with E-state index < -0.39 is 13.4 Å². The highest BCUT2D eigenvalue weighted by atomic mass is 35.7. The first kappa shape index (κ1) is 16.9. The van der Waals surface area contributed by atoms with E-state index in [1.54, 1.807) is 0 Å². The Balaban J connectivity index is 2.48. The van der Waals surface area contributed by atoms with Gasteiger partial charge in [-0.15, -0.1) is 44.3 Å². The number of halogens is 4. The molecule has 1 aromatic carbocycles. The van der Waals surface area contributed by atoms with Gasteiger partial charge in [-0.05, 0) is 49.2 Å². The molecule has 0 fully saturated rings. The second-order valence-electron chi connectivity index (χ2n) is 4.96. The second-order valence-corrected chi connectivity index (χ2v) is 21.4. The maximum Gasteiger partial charge on any atom is 0.248 e. The molecule has 1 aromatic rings. The van der Waals surface area contributed by atoms with Gasteiger partial charge < -0.3 is 0 Å². The summed E-state index contributed by atoms with van der Waals surface area (Å²) in [6, 6.07) is 10.4. The molecule has 0 aliphatic carbocycles. The standard InChI is InChI=1S/C12H18Cl4Si2/c1-17(13,14)9-7-11-3-5-12(6-4-11)8-10-18(2,15)16/h3-6H,7-10H2,1-2H3. The molecule has 0 saturated heterocycles. The van der Waals surface area contributed by atoms with Gasteiger partial charge in [-0.3, -0.25) is 0 Å². The summed E-state index contributed by atoms with van der Waals surface area (Å²) in [4.78, 5) is 0. The summed E-state index contributed by atoms with van der Waals surface area (Å²) in [5.41, 5.74) is 2.58. The van der Waals surface area contributed by atoms with Crippen LogP contribution in [0.3, 0.4) is 0 Å². The zero-order chi connectivity index (χ0) is 13.8. The number of hydrogen-bond donors (Lipinski definition) is 0. The van der Waals surface area contributed by atoms with Crippen molar-refractivity contribution in [3.05, 3.63) is 35.4 Å². The number of hydrogen-bond acceptors (Lipinski definition) is 0. The van der Waals surface area contributed by atoms with Crippen LogP contribution in [0.4, 0.5) is 0 Å². The highest BCUT2D eigenvalue weighted by Crippen LogP contribution is 2.24. The fourth-order valence-electron chi connectivity index (χ4n) is 1.60. The highest BCUT2D eigenvalue weighted by molar-refractivity contribution is 7.45.